The van der Waals surface area contributed by atoms with Gasteiger partial charge in [0.1, 0.15) is 0 Å². The van der Waals surface area contributed by atoms with Gasteiger partial charge in [-0.1, -0.05) is 46.9 Å². The van der Waals surface area contributed by atoms with Crippen LogP contribution in [0.2, 0.25) is 15.1 Å². The molecule has 184 valence electrons. The van der Waals surface area contributed by atoms with Crippen LogP contribution in [-0.2, 0) is 21.4 Å². The number of sulfonamides is 1. The third-order valence-corrected chi connectivity index (χ3v) is 7.87. The first-order chi connectivity index (χ1) is 16.7. The second-order valence-electron chi connectivity index (χ2n) is 8.46. The minimum atomic E-state index is -3.84. The number of hydrogen-bond acceptors (Lipinski definition) is 4. The molecule has 3 aromatic rings. The van der Waals surface area contributed by atoms with Crippen LogP contribution in [0.1, 0.15) is 18.4 Å². The predicted octanol–water partition coefficient (Wildman–Crippen LogP) is 6.30. The van der Waals surface area contributed by atoms with Gasteiger partial charge in [-0.25, -0.2) is 8.42 Å². The van der Waals surface area contributed by atoms with E-state index in [1.54, 1.807) is 12.1 Å². The van der Waals surface area contributed by atoms with Gasteiger partial charge in [0, 0.05) is 33.2 Å². The van der Waals surface area contributed by atoms with E-state index < -0.39 is 10.0 Å². The van der Waals surface area contributed by atoms with Gasteiger partial charge in [-0.2, -0.15) is 0 Å². The van der Waals surface area contributed by atoms with E-state index in [9.17, 15) is 13.2 Å². The number of amides is 1. The van der Waals surface area contributed by atoms with E-state index in [1.807, 2.05) is 24.3 Å². The molecule has 1 fully saturated rings. The van der Waals surface area contributed by atoms with Gasteiger partial charge in [-0.3, -0.25) is 14.4 Å². The molecule has 0 saturated carbocycles. The number of nitrogens with zero attached hydrogens (tertiary/aromatic N) is 1. The van der Waals surface area contributed by atoms with E-state index in [4.69, 9.17) is 34.8 Å². The Hall–Kier alpha value is -2.29. The fourth-order valence-corrected chi connectivity index (χ4v) is 5.81. The smallest absolute Gasteiger partial charge is 0.261 e. The Morgan fingerprint density at radius 3 is 2.14 bits per heavy atom. The lowest BCUT2D eigenvalue weighted by molar-refractivity contribution is -0.121. The Morgan fingerprint density at radius 1 is 0.857 bits per heavy atom. The summed E-state index contributed by atoms with van der Waals surface area (Å²) in [6, 6.07) is 18.3. The molecule has 0 atom stereocenters. The molecule has 4 rings (SSSR count). The summed E-state index contributed by atoms with van der Waals surface area (Å²) in [5.41, 5.74) is 1.96. The Kier molecular flexibility index (Phi) is 8.24. The van der Waals surface area contributed by atoms with E-state index in [-0.39, 0.29) is 22.4 Å². The fourth-order valence-electron chi connectivity index (χ4n) is 4.04. The molecule has 0 aliphatic carbocycles. The van der Waals surface area contributed by atoms with Crippen LogP contribution in [-0.4, -0.2) is 32.3 Å². The van der Waals surface area contributed by atoms with Crippen molar-refractivity contribution in [3.63, 3.8) is 0 Å². The highest BCUT2D eigenvalue weighted by Gasteiger charge is 2.25. The highest BCUT2D eigenvalue weighted by atomic mass is 35.5. The van der Waals surface area contributed by atoms with Gasteiger partial charge in [-0.15, -0.1) is 0 Å². The van der Waals surface area contributed by atoms with Gasteiger partial charge >= 0.3 is 0 Å². The molecule has 1 aliphatic heterocycles. The number of likely N-dealkylation sites (tertiary alicyclic amines) is 1. The Morgan fingerprint density at radius 2 is 1.51 bits per heavy atom. The zero-order valence-electron chi connectivity index (χ0n) is 18.7. The number of halogens is 3. The number of benzene rings is 3. The summed E-state index contributed by atoms with van der Waals surface area (Å²) in [5.74, 6) is -0.155. The molecule has 10 heteroatoms. The molecule has 1 aliphatic rings. The number of rotatable bonds is 7. The maximum absolute atomic E-state index is 12.8. The van der Waals surface area contributed by atoms with Gasteiger partial charge in [0.2, 0.25) is 5.91 Å². The average molecular weight is 553 g/mol. The Labute approximate surface area is 220 Å². The lowest BCUT2D eigenvalue weighted by Gasteiger charge is -2.31. The van der Waals surface area contributed by atoms with Crippen LogP contribution in [0.4, 0.5) is 11.4 Å². The van der Waals surface area contributed by atoms with Crippen molar-refractivity contribution in [2.24, 2.45) is 5.92 Å². The van der Waals surface area contributed by atoms with Gasteiger partial charge < -0.3 is 5.32 Å². The molecule has 0 spiro atoms. The second-order valence-corrected chi connectivity index (χ2v) is 11.4. The van der Waals surface area contributed by atoms with E-state index in [1.165, 1.54) is 30.3 Å². The number of piperidine rings is 1. The van der Waals surface area contributed by atoms with Crippen molar-refractivity contribution in [2.45, 2.75) is 24.3 Å². The number of hydrogen-bond donors (Lipinski definition) is 2. The molecule has 2 N–H and O–H groups in total. The first-order valence-corrected chi connectivity index (χ1v) is 13.7. The number of carbonyl (C=O) groups excluding carboxylic acids is 1. The number of nitrogens with one attached hydrogen (secondary N) is 2. The fraction of sp³-hybridized carbons (Fsp3) is 0.240. The maximum atomic E-state index is 12.8. The summed E-state index contributed by atoms with van der Waals surface area (Å²) in [6.45, 7) is 2.45. The van der Waals surface area contributed by atoms with Crippen molar-refractivity contribution >= 4 is 62.1 Å². The van der Waals surface area contributed by atoms with E-state index in [0.29, 0.717) is 15.7 Å². The van der Waals surface area contributed by atoms with Crippen LogP contribution in [0.15, 0.2) is 71.6 Å². The standard InChI is InChI=1S/C25H24Cl3N3O3S/c26-19-3-1-2-17(12-19)16-31-10-8-18(9-11-31)25(32)29-22-4-6-24(7-5-22)35(33,34)30-23-14-20(27)13-21(28)15-23/h1-7,12-15,18,30H,8-11,16H2,(H,29,32). The molecule has 1 saturated heterocycles. The van der Waals surface area contributed by atoms with Crippen molar-refractivity contribution in [1.29, 1.82) is 0 Å². The van der Waals surface area contributed by atoms with E-state index in [0.717, 1.165) is 43.1 Å². The zero-order chi connectivity index (χ0) is 25.0. The molecular formula is C25H24Cl3N3O3S. The van der Waals surface area contributed by atoms with Crippen LogP contribution in [0.3, 0.4) is 0 Å². The van der Waals surface area contributed by atoms with Gasteiger partial charge in [0.15, 0.2) is 0 Å². The third kappa shape index (κ3) is 7.12. The Bertz CT molecular complexity index is 1290. The van der Waals surface area contributed by atoms with Crippen LogP contribution < -0.4 is 10.0 Å². The lowest BCUT2D eigenvalue weighted by atomic mass is 9.95. The van der Waals surface area contributed by atoms with Crippen molar-refractivity contribution < 1.29 is 13.2 Å². The van der Waals surface area contributed by atoms with Crippen molar-refractivity contribution in [3.05, 3.63) is 87.4 Å². The first kappa shape index (κ1) is 25.8. The first-order valence-electron chi connectivity index (χ1n) is 11.0. The summed E-state index contributed by atoms with van der Waals surface area (Å²) < 4.78 is 27.8. The molecule has 6 nitrogen and oxygen atoms in total. The van der Waals surface area contributed by atoms with E-state index in [2.05, 4.69) is 14.9 Å². The summed E-state index contributed by atoms with van der Waals surface area (Å²) in [6.07, 6.45) is 1.51. The molecule has 3 aromatic carbocycles. The number of carbonyl (C=O) groups is 1. The molecule has 35 heavy (non-hydrogen) atoms. The van der Waals surface area contributed by atoms with Crippen molar-refractivity contribution in [2.75, 3.05) is 23.1 Å². The lowest BCUT2D eigenvalue weighted by Crippen LogP contribution is -2.37. The average Bonchev–Trinajstić information content (AvgIpc) is 2.79. The molecule has 0 unspecified atom stereocenters. The summed E-state index contributed by atoms with van der Waals surface area (Å²) in [7, 11) is -3.84. The zero-order valence-corrected chi connectivity index (χ0v) is 21.8. The maximum Gasteiger partial charge on any atom is 0.261 e. The summed E-state index contributed by atoms with van der Waals surface area (Å²) in [4.78, 5) is 15.1. The monoisotopic (exact) mass is 551 g/mol. The van der Waals surface area contributed by atoms with E-state index >= 15 is 0 Å². The highest BCUT2D eigenvalue weighted by molar-refractivity contribution is 7.92. The predicted molar refractivity (Wildman–Crippen MR) is 142 cm³/mol. The number of anilines is 2. The molecule has 1 heterocycles. The van der Waals surface area contributed by atoms with Crippen LogP contribution >= 0.6 is 34.8 Å². The van der Waals surface area contributed by atoms with Gasteiger partial charge in [0.05, 0.1) is 10.6 Å². The molecule has 0 bridgehead atoms. The van der Waals surface area contributed by atoms with Crippen molar-refractivity contribution in [1.82, 2.24) is 4.90 Å². The normalized spacial score (nSPS) is 15.1. The Balaban J connectivity index is 1.31. The highest BCUT2D eigenvalue weighted by Crippen LogP contribution is 2.26. The molecule has 0 radical (unpaired) electrons. The molecule has 0 aromatic heterocycles. The third-order valence-electron chi connectivity index (χ3n) is 5.80. The van der Waals surface area contributed by atoms with Gasteiger partial charge in [-0.05, 0) is 86.1 Å². The van der Waals surface area contributed by atoms with Crippen LogP contribution in [0.5, 0.6) is 0 Å². The minimum absolute atomic E-state index is 0.0564. The second kappa shape index (κ2) is 11.2. The summed E-state index contributed by atoms with van der Waals surface area (Å²) in [5, 5.41) is 4.27. The SMILES string of the molecule is O=C(Nc1ccc(S(=O)(=O)Nc2cc(Cl)cc(Cl)c2)cc1)C1CCN(Cc2cccc(Cl)c2)CC1. The van der Waals surface area contributed by atoms with Crippen LogP contribution in [0, 0.1) is 5.92 Å². The van der Waals surface area contributed by atoms with Crippen molar-refractivity contribution in [3.8, 4) is 0 Å². The van der Waals surface area contributed by atoms with Gasteiger partial charge in [0.25, 0.3) is 10.0 Å². The summed E-state index contributed by atoms with van der Waals surface area (Å²) >= 11 is 18.0. The van der Waals surface area contributed by atoms with Crippen LogP contribution in [0.25, 0.3) is 0 Å². The minimum Gasteiger partial charge on any atom is -0.326 e. The quantitative estimate of drug-likeness (QED) is 0.361. The molecular weight excluding hydrogens is 529 g/mol. The largest absolute Gasteiger partial charge is 0.326 e. The topological polar surface area (TPSA) is 78.5 Å². The molecule has 1 amide bonds.